The number of hydrogen-bond donors (Lipinski definition) is 2. The number of benzene rings is 1. The predicted octanol–water partition coefficient (Wildman–Crippen LogP) is 2.03. The Kier molecular flexibility index (Phi) is 7.46. The highest BCUT2D eigenvalue weighted by atomic mass is 32.2. The van der Waals surface area contributed by atoms with Crippen molar-refractivity contribution in [1.29, 1.82) is 0 Å². The van der Waals surface area contributed by atoms with Gasteiger partial charge < -0.3 is 10.6 Å². The van der Waals surface area contributed by atoms with Gasteiger partial charge in [-0.25, -0.2) is 17.7 Å². The van der Waals surface area contributed by atoms with E-state index in [4.69, 9.17) is 4.99 Å². The van der Waals surface area contributed by atoms with Crippen LogP contribution in [0.4, 0.5) is 0 Å². The fourth-order valence-corrected chi connectivity index (χ4v) is 4.09. The highest BCUT2D eigenvalue weighted by molar-refractivity contribution is 7.88. The number of piperidine rings is 1. The molecule has 7 heteroatoms. The molecule has 1 aliphatic rings. The molecule has 1 aliphatic heterocycles. The van der Waals surface area contributed by atoms with Crippen LogP contribution in [0.5, 0.6) is 0 Å². The summed E-state index contributed by atoms with van der Waals surface area (Å²) in [6.07, 6.45) is 3.06. The Hall–Kier alpha value is -1.60. The summed E-state index contributed by atoms with van der Waals surface area (Å²) in [4.78, 5) is 4.70. The monoisotopic (exact) mass is 380 g/mol. The van der Waals surface area contributed by atoms with E-state index in [9.17, 15) is 8.42 Å². The maximum atomic E-state index is 11.6. The van der Waals surface area contributed by atoms with Gasteiger partial charge in [0.05, 0.1) is 12.8 Å². The molecule has 1 fully saturated rings. The molecule has 146 valence electrons. The van der Waals surface area contributed by atoms with Gasteiger partial charge in [-0.2, -0.15) is 0 Å². The lowest BCUT2D eigenvalue weighted by molar-refractivity contribution is 0.275. The number of nitrogens with zero attached hydrogens (tertiary/aromatic N) is 2. The van der Waals surface area contributed by atoms with Crippen molar-refractivity contribution >= 4 is 16.0 Å². The van der Waals surface area contributed by atoms with E-state index in [-0.39, 0.29) is 0 Å². The summed E-state index contributed by atoms with van der Waals surface area (Å²) in [6, 6.07) is 6.44. The lowest BCUT2D eigenvalue weighted by atomic mass is 9.98. The van der Waals surface area contributed by atoms with Crippen molar-refractivity contribution in [2.24, 2.45) is 10.9 Å². The molecule has 6 nitrogen and oxygen atoms in total. The predicted molar refractivity (Wildman–Crippen MR) is 108 cm³/mol. The molecule has 0 bridgehead atoms. The van der Waals surface area contributed by atoms with Crippen LogP contribution < -0.4 is 10.6 Å². The Balaban J connectivity index is 1.88. The second-order valence-electron chi connectivity index (χ2n) is 7.11. The molecule has 0 aromatic heterocycles. The van der Waals surface area contributed by atoms with Gasteiger partial charge in [0.2, 0.25) is 10.0 Å². The Bertz CT molecular complexity index is 723. The average Bonchev–Trinajstić information content (AvgIpc) is 2.58. The SMILES string of the molecule is CCNC(=NCc1ccc(C)cc1C)NCC1CCN(S(C)(=O)=O)CC1. The normalized spacial score (nSPS) is 17.3. The molecule has 0 radical (unpaired) electrons. The van der Waals surface area contributed by atoms with Crippen molar-refractivity contribution in [3.8, 4) is 0 Å². The minimum Gasteiger partial charge on any atom is -0.357 e. The number of rotatable bonds is 6. The summed E-state index contributed by atoms with van der Waals surface area (Å²) in [5.74, 6) is 1.29. The minimum atomic E-state index is -3.06. The summed E-state index contributed by atoms with van der Waals surface area (Å²) >= 11 is 0. The third kappa shape index (κ3) is 6.29. The zero-order valence-electron chi connectivity index (χ0n) is 16.4. The molecule has 0 unspecified atom stereocenters. The molecular weight excluding hydrogens is 348 g/mol. The first-order chi connectivity index (χ1) is 12.3. The molecule has 0 atom stereocenters. The molecule has 0 amide bonds. The van der Waals surface area contributed by atoms with Crippen molar-refractivity contribution in [3.63, 3.8) is 0 Å². The number of guanidine groups is 1. The largest absolute Gasteiger partial charge is 0.357 e. The topological polar surface area (TPSA) is 73.8 Å². The molecule has 1 aromatic carbocycles. The molecule has 26 heavy (non-hydrogen) atoms. The van der Waals surface area contributed by atoms with Gasteiger partial charge in [-0.1, -0.05) is 23.8 Å². The van der Waals surface area contributed by atoms with E-state index in [0.717, 1.165) is 31.9 Å². The van der Waals surface area contributed by atoms with Crippen LogP contribution in [0.15, 0.2) is 23.2 Å². The maximum Gasteiger partial charge on any atom is 0.211 e. The second kappa shape index (κ2) is 9.37. The van der Waals surface area contributed by atoms with Crippen LogP contribution in [-0.4, -0.2) is 51.1 Å². The Morgan fingerprint density at radius 1 is 1.23 bits per heavy atom. The molecule has 2 rings (SSSR count). The fraction of sp³-hybridized carbons (Fsp3) is 0.632. The highest BCUT2D eigenvalue weighted by Crippen LogP contribution is 2.18. The van der Waals surface area contributed by atoms with Gasteiger partial charge in [0.1, 0.15) is 0 Å². The van der Waals surface area contributed by atoms with Gasteiger partial charge in [-0.05, 0) is 50.7 Å². The van der Waals surface area contributed by atoms with E-state index in [1.807, 2.05) is 0 Å². The van der Waals surface area contributed by atoms with Gasteiger partial charge in [-0.3, -0.25) is 0 Å². The highest BCUT2D eigenvalue weighted by Gasteiger charge is 2.24. The van der Waals surface area contributed by atoms with Crippen molar-refractivity contribution in [1.82, 2.24) is 14.9 Å². The van der Waals surface area contributed by atoms with Gasteiger partial charge in [0.15, 0.2) is 5.96 Å². The minimum absolute atomic E-state index is 0.470. The number of sulfonamides is 1. The second-order valence-corrected chi connectivity index (χ2v) is 9.09. The van der Waals surface area contributed by atoms with Crippen molar-refractivity contribution in [2.75, 3.05) is 32.4 Å². The number of aliphatic imine (C=N–C) groups is 1. The zero-order chi connectivity index (χ0) is 19.2. The van der Waals surface area contributed by atoms with Crippen LogP contribution >= 0.6 is 0 Å². The molecule has 0 saturated carbocycles. The van der Waals surface area contributed by atoms with Crippen molar-refractivity contribution in [2.45, 2.75) is 40.2 Å². The van der Waals surface area contributed by atoms with E-state index in [2.05, 4.69) is 49.6 Å². The van der Waals surface area contributed by atoms with Gasteiger partial charge in [0.25, 0.3) is 0 Å². The van der Waals surface area contributed by atoms with E-state index >= 15 is 0 Å². The average molecular weight is 381 g/mol. The third-order valence-electron chi connectivity index (χ3n) is 4.85. The van der Waals surface area contributed by atoms with Crippen LogP contribution in [0.3, 0.4) is 0 Å². The van der Waals surface area contributed by atoms with Gasteiger partial charge >= 0.3 is 0 Å². The Morgan fingerprint density at radius 2 is 1.92 bits per heavy atom. The van der Waals surface area contributed by atoms with Crippen LogP contribution in [0.25, 0.3) is 0 Å². The molecule has 1 aromatic rings. The Morgan fingerprint density at radius 3 is 2.50 bits per heavy atom. The zero-order valence-corrected chi connectivity index (χ0v) is 17.2. The number of hydrogen-bond acceptors (Lipinski definition) is 3. The van der Waals surface area contributed by atoms with Gasteiger partial charge in [0, 0.05) is 26.2 Å². The first-order valence-corrected chi connectivity index (χ1v) is 11.2. The quantitative estimate of drug-likeness (QED) is 0.585. The molecular formula is C19H32N4O2S. The number of aryl methyl sites for hydroxylation is 2. The first kappa shape index (κ1) is 20.7. The van der Waals surface area contributed by atoms with Crippen LogP contribution in [0.2, 0.25) is 0 Å². The smallest absolute Gasteiger partial charge is 0.211 e. The third-order valence-corrected chi connectivity index (χ3v) is 6.15. The van der Waals surface area contributed by atoms with E-state index < -0.39 is 10.0 Å². The van der Waals surface area contributed by atoms with E-state index in [0.29, 0.717) is 25.6 Å². The summed E-state index contributed by atoms with van der Waals surface area (Å²) in [7, 11) is -3.06. The standard InChI is InChI=1S/C19H32N4O2S/c1-5-20-19(22-14-18-7-6-15(2)12-16(18)3)21-13-17-8-10-23(11-9-17)26(4,24)25/h6-7,12,17H,5,8-11,13-14H2,1-4H3,(H2,20,21,22). The molecule has 0 spiro atoms. The number of nitrogens with one attached hydrogen (secondary N) is 2. The molecule has 1 heterocycles. The summed E-state index contributed by atoms with van der Waals surface area (Å²) in [5.41, 5.74) is 3.76. The van der Waals surface area contributed by atoms with Crippen LogP contribution in [0.1, 0.15) is 36.5 Å². The van der Waals surface area contributed by atoms with Gasteiger partial charge in [-0.15, -0.1) is 0 Å². The molecule has 0 aliphatic carbocycles. The van der Waals surface area contributed by atoms with E-state index in [1.54, 1.807) is 4.31 Å². The summed E-state index contributed by atoms with van der Waals surface area (Å²) in [6.45, 7) is 9.77. The lowest BCUT2D eigenvalue weighted by Crippen LogP contribution is -2.44. The Labute approximate surface area is 158 Å². The molecule has 2 N–H and O–H groups in total. The first-order valence-electron chi connectivity index (χ1n) is 9.33. The summed E-state index contributed by atoms with van der Waals surface area (Å²) < 4.78 is 24.8. The fourth-order valence-electron chi connectivity index (χ4n) is 3.22. The maximum absolute atomic E-state index is 11.6. The van der Waals surface area contributed by atoms with Crippen molar-refractivity contribution < 1.29 is 8.42 Å². The lowest BCUT2D eigenvalue weighted by Gasteiger charge is -2.30. The van der Waals surface area contributed by atoms with E-state index in [1.165, 1.54) is 22.9 Å². The van der Waals surface area contributed by atoms with Crippen molar-refractivity contribution in [3.05, 3.63) is 34.9 Å². The van der Waals surface area contributed by atoms with Crippen LogP contribution in [-0.2, 0) is 16.6 Å². The van der Waals surface area contributed by atoms with Crippen LogP contribution in [0, 0.1) is 19.8 Å². The molecule has 1 saturated heterocycles. The summed E-state index contributed by atoms with van der Waals surface area (Å²) in [5, 5.41) is 6.70.